The molecule has 1 atom stereocenters. The molecule has 1 aromatic carbocycles. The Balaban J connectivity index is 2.07. The van der Waals surface area contributed by atoms with Gasteiger partial charge in [0.05, 0.1) is 6.10 Å². The molecule has 0 heterocycles. The highest BCUT2D eigenvalue weighted by Crippen LogP contribution is 2.31. The second-order valence-corrected chi connectivity index (χ2v) is 5.91. The Hall–Kier alpha value is -0.540. The first kappa shape index (κ1) is 12.9. The van der Waals surface area contributed by atoms with Crippen molar-refractivity contribution in [1.82, 2.24) is 0 Å². The lowest BCUT2D eigenvalue weighted by Gasteiger charge is -2.31. The predicted octanol–water partition coefficient (Wildman–Crippen LogP) is 3.74. The van der Waals surface area contributed by atoms with E-state index in [0.717, 1.165) is 22.5 Å². The highest BCUT2D eigenvalue weighted by molar-refractivity contribution is 9.10. The minimum absolute atomic E-state index is 0.421. The molecular weight excluding hydrogens is 278 g/mol. The van der Waals surface area contributed by atoms with E-state index in [1.807, 2.05) is 6.07 Å². The Morgan fingerprint density at radius 3 is 2.65 bits per heavy atom. The van der Waals surface area contributed by atoms with Crippen LogP contribution in [-0.4, -0.2) is 18.7 Å². The topological polar surface area (TPSA) is 23.5 Å². The molecule has 0 aromatic heterocycles. The van der Waals surface area contributed by atoms with Crippen LogP contribution < -0.4 is 4.90 Å². The lowest BCUT2D eigenvalue weighted by Crippen LogP contribution is -2.29. The number of aliphatic hydroxyl groups excluding tert-OH is 1. The summed E-state index contributed by atoms with van der Waals surface area (Å²) in [7, 11) is 2.14. The van der Waals surface area contributed by atoms with Crippen LogP contribution >= 0.6 is 15.9 Å². The standard InChI is InChI=1S/C14H20BrNO/c1-10(17)13-7-6-12(8-14(13)15)16(2)9-11-4-3-5-11/h6-8,10-11,17H,3-5,9H2,1-2H3. The quantitative estimate of drug-likeness (QED) is 0.915. The fraction of sp³-hybridized carbons (Fsp3) is 0.571. The summed E-state index contributed by atoms with van der Waals surface area (Å²) in [6.07, 6.45) is 3.72. The van der Waals surface area contributed by atoms with E-state index in [9.17, 15) is 5.11 Å². The Kier molecular flexibility index (Phi) is 4.10. The van der Waals surface area contributed by atoms with Gasteiger partial charge < -0.3 is 10.0 Å². The minimum Gasteiger partial charge on any atom is -0.389 e. The molecule has 94 valence electrons. The molecule has 0 radical (unpaired) electrons. The molecule has 0 spiro atoms. The van der Waals surface area contributed by atoms with Crippen molar-refractivity contribution in [3.63, 3.8) is 0 Å². The first-order valence-corrected chi connectivity index (χ1v) is 7.06. The van der Waals surface area contributed by atoms with Crippen LogP contribution in [0.3, 0.4) is 0 Å². The summed E-state index contributed by atoms with van der Waals surface area (Å²) in [5.41, 5.74) is 2.17. The maximum Gasteiger partial charge on any atom is 0.0772 e. The van der Waals surface area contributed by atoms with Crippen LogP contribution in [0.15, 0.2) is 22.7 Å². The lowest BCUT2D eigenvalue weighted by molar-refractivity contribution is 0.198. The van der Waals surface area contributed by atoms with E-state index in [2.05, 4.69) is 40.0 Å². The maximum atomic E-state index is 9.58. The minimum atomic E-state index is -0.421. The van der Waals surface area contributed by atoms with Crippen LogP contribution in [0.5, 0.6) is 0 Å². The molecule has 2 rings (SSSR count). The number of halogens is 1. The molecule has 0 aliphatic heterocycles. The zero-order valence-corrected chi connectivity index (χ0v) is 12.1. The van der Waals surface area contributed by atoms with Gasteiger partial charge in [0.25, 0.3) is 0 Å². The van der Waals surface area contributed by atoms with Gasteiger partial charge in [0.1, 0.15) is 0 Å². The van der Waals surface area contributed by atoms with Gasteiger partial charge in [0, 0.05) is 23.8 Å². The molecule has 1 aliphatic carbocycles. The Morgan fingerprint density at radius 1 is 1.47 bits per heavy atom. The van der Waals surface area contributed by atoms with Gasteiger partial charge in [-0.1, -0.05) is 28.4 Å². The first-order valence-electron chi connectivity index (χ1n) is 6.26. The summed E-state index contributed by atoms with van der Waals surface area (Å²) in [6, 6.07) is 6.19. The monoisotopic (exact) mass is 297 g/mol. The van der Waals surface area contributed by atoms with Gasteiger partial charge in [-0.15, -0.1) is 0 Å². The molecule has 1 N–H and O–H groups in total. The summed E-state index contributed by atoms with van der Waals surface area (Å²) in [5.74, 6) is 0.871. The van der Waals surface area contributed by atoms with Crippen molar-refractivity contribution in [3.8, 4) is 0 Å². The van der Waals surface area contributed by atoms with Crippen LogP contribution in [0, 0.1) is 5.92 Å². The van der Waals surface area contributed by atoms with Gasteiger partial charge in [-0.3, -0.25) is 0 Å². The van der Waals surface area contributed by atoms with Crippen LogP contribution in [0.4, 0.5) is 5.69 Å². The van der Waals surface area contributed by atoms with Crippen molar-refractivity contribution < 1.29 is 5.11 Å². The molecule has 2 nitrogen and oxygen atoms in total. The highest BCUT2D eigenvalue weighted by Gasteiger charge is 2.19. The third kappa shape index (κ3) is 3.02. The largest absolute Gasteiger partial charge is 0.389 e. The molecule has 3 heteroatoms. The number of rotatable bonds is 4. The lowest BCUT2D eigenvalue weighted by atomic mass is 9.85. The zero-order chi connectivity index (χ0) is 12.4. The molecule has 17 heavy (non-hydrogen) atoms. The van der Waals surface area contributed by atoms with Crippen LogP contribution in [0.2, 0.25) is 0 Å². The fourth-order valence-electron chi connectivity index (χ4n) is 2.26. The molecular formula is C14H20BrNO. The normalized spacial score (nSPS) is 17.6. The first-order chi connectivity index (χ1) is 8.08. The number of aliphatic hydroxyl groups is 1. The number of benzene rings is 1. The smallest absolute Gasteiger partial charge is 0.0772 e. The van der Waals surface area contributed by atoms with Gasteiger partial charge in [0.15, 0.2) is 0 Å². The highest BCUT2D eigenvalue weighted by atomic mass is 79.9. The third-order valence-corrected chi connectivity index (χ3v) is 4.32. The molecule has 0 saturated heterocycles. The van der Waals surface area contributed by atoms with Gasteiger partial charge >= 0.3 is 0 Å². The van der Waals surface area contributed by atoms with Crippen molar-refractivity contribution in [2.75, 3.05) is 18.5 Å². The van der Waals surface area contributed by atoms with Gasteiger partial charge in [-0.05, 0) is 43.4 Å². The number of hydrogen-bond acceptors (Lipinski definition) is 2. The Bertz CT molecular complexity index is 388. The predicted molar refractivity (Wildman–Crippen MR) is 75.4 cm³/mol. The van der Waals surface area contributed by atoms with Crippen molar-refractivity contribution in [2.45, 2.75) is 32.3 Å². The van der Waals surface area contributed by atoms with Crippen molar-refractivity contribution in [2.24, 2.45) is 5.92 Å². The van der Waals surface area contributed by atoms with E-state index >= 15 is 0 Å². The van der Waals surface area contributed by atoms with E-state index in [1.54, 1.807) is 6.92 Å². The van der Waals surface area contributed by atoms with Crippen molar-refractivity contribution in [1.29, 1.82) is 0 Å². The number of anilines is 1. The molecule has 0 amide bonds. The SMILES string of the molecule is CC(O)c1ccc(N(C)CC2CCC2)cc1Br. The average molecular weight is 298 g/mol. The summed E-state index contributed by atoms with van der Waals surface area (Å²) in [4.78, 5) is 2.31. The van der Waals surface area contributed by atoms with E-state index in [-0.39, 0.29) is 0 Å². The van der Waals surface area contributed by atoms with Gasteiger partial charge in [0.2, 0.25) is 0 Å². The Labute approximate surface area is 112 Å². The van der Waals surface area contributed by atoms with Gasteiger partial charge in [-0.2, -0.15) is 0 Å². The van der Waals surface area contributed by atoms with Crippen LogP contribution in [0.1, 0.15) is 37.9 Å². The third-order valence-electron chi connectivity index (χ3n) is 3.63. The summed E-state index contributed by atoms with van der Waals surface area (Å²) >= 11 is 3.53. The van der Waals surface area contributed by atoms with E-state index in [1.165, 1.54) is 24.9 Å². The van der Waals surface area contributed by atoms with Crippen LogP contribution in [0.25, 0.3) is 0 Å². The van der Waals surface area contributed by atoms with Gasteiger partial charge in [-0.25, -0.2) is 0 Å². The van der Waals surface area contributed by atoms with Crippen molar-refractivity contribution in [3.05, 3.63) is 28.2 Å². The summed E-state index contributed by atoms with van der Waals surface area (Å²) < 4.78 is 0.991. The molecule has 1 saturated carbocycles. The van der Waals surface area contributed by atoms with E-state index < -0.39 is 6.10 Å². The average Bonchev–Trinajstić information content (AvgIpc) is 2.22. The number of nitrogens with zero attached hydrogens (tertiary/aromatic N) is 1. The molecule has 0 bridgehead atoms. The summed E-state index contributed by atoms with van der Waals surface area (Å²) in [6.45, 7) is 2.93. The van der Waals surface area contributed by atoms with E-state index in [0.29, 0.717) is 0 Å². The van der Waals surface area contributed by atoms with E-state index in [4.69, 9.17) is 0 Å². The number of hydrogen-bond donors (Lipinski definition) is 1. The molecule has 1 unspecified atom stereocenters. The van der Waals surface area contributed by atoms with Crippen molar-refractivity contribution >= 4 is 21.6 Å². The fourth-order valence-corrected chi connectivity index (χ4v) is 2.96. The maximum absolute atomic E-state index is 9.58. The molecule has 1 aromatic rings. The summed E-state index contributed by atoms with van der Waals surface area (Å²) in [5, 5.41) is 9.58. The molecule has 1 aliphatic rings. The second-order valence-electron chi connectivity index (χ2n) is 5.06. The molecule has 1 fully saturated rings. The van der Waals surface area contributed by atoms with Crippen LogP contribution in [-0.2, 0) is 0 Å². The second kappa shape index (κ2) is 5.40. The Morgan fingerprint density at radius 2 is 2.18 bits per heavy atom. The zero-order valence-electron chi connectivity index (χ0n) is 10.5.